The highest BCUT2D eigenvalue weighted by atomic mass is 16.5. The van der Waals surface area contributed by atoms with Crippen molar-refractivity contribution in [2.45, 2.75) is 38.8 Å². The molecular formula is C23H39N5O2. The van der Waals surface area contributed by atoms with Gasteiger partial charge in [0.2, 0.25) is 0 Å². The summed E-state index contributed by atoms with van der Waals surface area (Å²) in [6.45, 7) is 9.93. The van der Waals surface area contributed by atoms with Crippen molar-refractivity contribution in [2.75, 3.05) is 60.5 Å². The van der Waals surface area contributed by atoms with Crippen LogP contribution in [0.3, 0.4) is 0 Å². The highest BCUT2D eigenvalue weighted by molar-refractivity contribution is 5.80. The quantitative estimate of drug-likeness (QED) is 0.474. The fourth-order valence-corrected chi connectivity index (χ4v) is 4.44. The largest absolute Gasteiger partial charge is 0.497 e. The van der Waals surface area contributed by atoms with Gasteiger partial charge in [-0.05, 0) is 56.0 Å². The smallest absolute Gasteiger partial charge is 0.191 e. The Bertz CT molecular complexity index is 668. The molecule has 2 aliphatic rings. The zero-order chi connectivity index (χ0) is 21.3. The van der Waals surface area contributed by atoms with Gasteiger partial charge in [-0.1, -0.05) is 6.92 Å². The maximum Gasteiger partial charge on any atom is 0.191 e. The summed E-state index contributed by atoms with van der Waals surface area (Å²) >= 11 is 0. The number of likely N-dealkylation sites (tertiary alicyclic amines) is 2. The van der Waals surface area contributed by atoms with E-state index in [1.165, 1.54) is 38.0 Å². The number of rotatable bonds is 9. The average molecular weight is 418 g/mol. The third kappa shape index (κ3) is 6.77. The van der Waals surface area contributed by atoms with Crippen molar-refractivity contribution < 1.29 is 9.47 Å². The second kappa shape index (κ2) is 11.4. The number of nitrogens with one attached hydrogen (secondary N) is 2. The van der Waals surface area contributed by atoms with Crippen molar-refractivity contribution in [3.63, 3.8) is 0 Å². The van der Waals surface area contributed by atoms with E-state index in [4.69, 9.17) is 9.47 Å². The molecular weight excluding hydrogens is 378 g/mol. The molecule has 2 N–H and O–H groups in total. The Morgan fingerprint density at radius 2 is 1.80 bits per heavy atom. The molecule has 7 nitrogen and oxygen atoms in total. The van der Waals surface area contributed by atoms with Crippen molar-refractivity contribution in [1.29, 1.82) is 0 Å². The number of ether oxygens (including phenoxy) is 2. The molecule has 0 aromatic heterocycles. The standard InChI is InChI=1S/C23H39N5O2/c1-18(15-27-8-5-6-9-27)14-25-23(24-2)26-20-7-10-28(17-20)16-19-11-21(29-3)13-22(12-19)30-4/h11-13,18,20H,5-10,14-17H2,1-4H3,(H2,24,25,26). The molecule has 2 atom stereocenters. The zero-order valence-corrected chi connectivity index (χ0v) is 19.1. The van der Waals surface area contributed by atoms with E-state index in [-0.39, 0.29) is 0 Å². The summed E-state index contributed by atoms with van der Waals surface area (Å²) in [4.78, 5) is 9.48. The SMILES string of the molecule is CN=C(NCC(C)CN1CCCC1)NC1CCN(Cc2cc(OC)cc(OC)c2)C1. The van der Waals surface area contributed by atoms with Crippen molar-refractivity contribution in [3.8, 4) is 11.5 Å². The van der Waals surface area contributed by atoms with Crippen LogP contribution in [0.2, 0.25) is 0 Å². The van der Waals surface area contributed by atoms with Crippen LogP contribution in [0.5, 0.6) is 11.5 Å². The molecule has 2 saturated heterocycles. The van der Waals surface area contributed by atoms with Crippen molar-refractivity contribution in [1.82, 2.24) is 20.4 Å². The fourth-order valence-electron chi connectivity index (χ4n) is 4.44. The van der Waals surface area contributed by atoms with Gasteiger partial charge in [-0.15, -0.1) is 0 Å². The molecule has 0 radical (unpaired) electrons. The van der Waals surface area contributed by atoms with Gasteiger partial charge in [-0.3, -0.25) is 9.89 Å². The number of nitrogens with zero attached hydrogens (tertiary/aromatic N) is 3. The molecule has 0 aliphatic carbocycles. The molecule has 2 aliphatic heterocycles. The van der Waals surface area contributed by atoms with Gasteiger partial charge < -0.3 is 25.0 Å². The Kier molecular flexibility index (Phi) is 8.63. The van der Waals surface area contributed by atoms with Crippen LogP contribution in [-0.4, -0.2) is 82.3 Å². The summed E-state index contributed by atoms with van der Waals surface area (Å²) in [7, 11) is 5.24. The number of guanidine groups is 1. The third-order valence-corrected chi connectivity index (χ3v) is 6.04. The summed E-state index contributed by atoms with van der Waals surface area (Å²) < 4.78 is 10.8. The molecule has 2 unspecified atom stereocenters. The first kappa shape index (κ1) is 22.7. The van der Waals surface area contributed by atoms with Crippen LogP contribution in [0.4, 0.5) is 0 Å². The third-order valence-electron chi connectivity index (χ3n) is 6.04. The monoisotopic (exact) mass is 417 g/mol. The van der Waals surface area contributed by atoms with Crippen LogP contribution in [0.1, 0.15) is 31.7 Å². The van der Waals surface area contributed by atoms with Gasteiger partial charge in [0.05, 0.1) is 14.2 Å². The van der Waals surface area contributed by atoms with Crippen LogP contribution in [0.15, 0.2) is 23.2 Å². The van der Waals surface area contributed by atoms with E-state index in [1.54, 1.807) is 14.2 Å². The Morgan fingerprint density at radius 1 is 1.10 bits per heavy atom. The number of benzene rings is 1. The lowest BCUT2D eigenvalue weighted by atomic mass is 10.1. The second-order valence-electron chi connectivity index (χ2n) is 8.65. The van der Waals surface area contributed by atoms with Gasteiger partial charge in [0, 0.05) is 51.9 Å². The molecule has 2 fully saturated rings. The molecule has 0 saturated carbocycles. The van der Waals surface area contributed by atoms with Crippen LogP contribution in [0, 0.1) is 5.92 Å². The molecule has 7 heteroatoms. The summed E-state index contributed by atoms with van der Waals surface area (Å²) in [6, 6.07) is 6.51. The average Bonchev–Trinajstić information content (AvgIpc) is 3.42. The minimum Gasteiger partial charge on any atom is -0.497 e. The molecule has 0 bridgehead atoms. The van der Waals surface area contributed by atoms with E-state index >= 15 is 0 Å². The maximum absolute atomic E-state index is 5.40. The maximum atomic E-state index is 5.40. The summed E-state index contributed by atoms with van der Waals surface area (Å²) in [5.41, 5.74) is 1.21. The van der Waals surface area contributed by atoms with Crippen molar-refractivity contribution in [3.05, 3.63) is 23.8 Å². The normalized spacial score (nSPS) is 21.6. The first-order valence-electron chi connectivity index (χ1n) is 11.2. The van der Waals surface area contributed by atoms with Crippen LogP contribution in [0.25, 0.3) is 0 Å². The van der Waals surface area contributed by atoms with Crippen LogP contribution >= 0.6 is 0 Å². The van der Waals surface area contributed by atoms with Gasteiger partial charge in [0.15, 0.2) is 5.96 Å². The first-order chi connectivity index (χ1) is 14.6. The predicted octanol–water partition coefficient (Wildman–Crippen LogP) is 2.18. The Morgan fingerprint density at radius 3 is 2.43 bits per heavy atom. The highest BCUT2D eigenvalue weighted by Crippen LogP contribution is 2.24. The molecule has 1 aromatic carbocycles. The minimum absolute atomic E-state index is 0.414. The fraction of sp³-hybridized carbons (Fsp3) is 0.696. The highest BCUT2D eigenvalue weighted by Gasteiger charge is 2.24. The van der Waals surface area contributed by atoms with Crippen molar-refractivity contribution in [2.24, 2.45) is 10.9 Å². The number of hydrogen-bond donors (Lipinski definition) is 2. The van der Waals surface area contributed by atoms with E-state index in [0.717, 1.165) is 50.1 Å². The van der Waals surface area contributed by atoms with E-state index < -0.39 is 0 Å². The minimum atomic E-state index is 0.414. The zero-order valence-electron chi connectivity index (χ0n) is 19.1. The molecule has 0 amide bonds. The Hall–Kier alpha value is -1.99. The molecule has 2 heterocycles. The predicted molar refractivity (Wildman–Crippen MR) is 123 cm³/mol. The number of methoxy groups -OCH3 is 2. The number of hydrogen-bond acceptors (Lipinski definition) is 5. The summed E-state index contributed by atoms with van der Waals surface area (Å²) in [5, 5.41) is 7.14. The van der Waals surface area contributed by atoms with E-state index in [1.807, 2.05) is 13.1 Å². The Balaban J connectivity index is 1.43. The lowest BCUT2D eigenvalue weighted by Crippen LogP contribution is -2.46. The van der Waals surface area contributed by atoms with E-state index in [0.29, 0.717) is 12.0 Å². The van der Waals surface area contributed by atoms with Gasteiger partial charge >= 0.3 is 0 Å². The van der Waals surface area contributed by atoms with Crippen LogP contribution in [-0.2, 0) is 6.54 Å². The lowest BCUT2D eigenvalue weighted by Gasteiger charge is -2.23. The molecule has 168 valence electrons. The number of aliphatic imine (C=N–C) groups is 1. The molecule has 3 rings (SSSR count). The van der Waals surface area contributed by atoms with Gasteiger partial charge in [0.25, 0.3) is 0 Å². The van der Waals surface area contributed by atoms with Gasteiger partial charge in [0.1, 0.15) is 11.5 Å². The van der Waals surface area contributed by atoms with Gasteiger partial charge in [-0.2, -0.15) is 0 Å². The van der Waals surface area contributed by atoms with Gasteiger partial charge in [-0.25, -0.2) is 0 Å². The summed E-state index contributed by atoms with van der Waals surface area (Å²) in [5.74, 6) is 3.21. The first-order valence-corrected chi connectivity index (χ1v) is 11.2. The van der Waals surface area contributed by atoms with E-state index in [9.17, 15) is 0 Å². The Labute approximate surface area is 181 Å². The molecule has 30 heavy (non-hydrogen) atoms. The van der Waals surface area contributed by atoms with Crippen LogP contribution < -0.4 is 20.1 Å². The van der Waals surface area contributed by atoms with E-state index in [2.05, 4.69) is 44.5 Å². The summed E-state index contributed by atoms with van der Waals surface area (Å²) in [6.07, 6.45) is 3.82. The lowest BCUT2D eigenvalue weighted by molar-refractivity contribution is 0.287. The second-order valence-corrected chi connectivity index (χ2v) is 8.65. The topological polar surface area (TPSA) is 61.4 Å². The van der Waals surface area contributed by atoms with Crippen molar-refractivity contribution >= 4 is 5.96 Å². The molecule has 1 aromatic rings. The molecule has 0 spiro atoms.